The summed E-state index contributed by atoms with van der Waals surface area (Å²) in [5.41, 5.74) is -0.940. The molecule has 1 saturated heterocycles. The van der Waals surface area contributed by atoms with Crippen molar-refractivity contribution in [2.75, 3.05) is 11.4 Å². The third-order valence-corrected chi connectivity index (χ3v) is 3.58. The molecule has 0 aromatic carbocycles. The Hall–Kier alpha value is -1.57. The van der Waals surface area contributed by atoms with E-state index in [-0.39, 0.29) is 29.9 Å². The van der Waals surface area contributed by atoms with Crippen molar-refractivity contribution in [2.24, 2.45) is 0 Å². The molecule has 2 rings (SSSR count). The second-order valence-electron chi connectivity index (χ2n) is 4.82. The molecule has 0 bridgehead atoms. The van der Waals surface area contributed by atoms with E-state index in [0.717, 1.165) is 6.07 Å². The molecule has 0 unspecified atom stereocenters. The van der Waals surface area contributed by atoms with Crippen LogP contribution < -0.4 is 4.90 Å². The lowest BCUT2D eigenvalue weighted by molar-refractivity contribution is -0.138. The molecule has 1 aromatic heterocycles. The molecule has 0 radical (unpaired) electrons. The predicted molar refractivity (Wildman–Crippen MR) is 69.3 cm³/mol. The van der Waals surface area contributed by atoms with Gasteiger partial charge >= 0.3 is 12.1 Å². The predicted octanol–water partition coefficient (Wildman–Crippen LogP) is 2.98. The van der Waals surface area contributed by atoms with Crippen LogP contribution in [-0.4, -0.2) is 33.9 Å². The Kier molecular flexibility index (Phi) is 4.55. The number of alkyl halides is 3. The van der Waals surface area contributed by atoms with Gasteiger partial charge in [0.1, 0.15) is 5.56 Å². The second kappa shape index (κ2) is 6.05. The molecule has 21 heavy (non-hydrogen) atoms. The number of aliphatic carboxylic acids is 1. The number of carbonyl (C=O) groups is 1. The fraction of sp³-hybridized carbons (Fsp3) is 0.583. The van der Waals surface area contributed by atoms with E-state index < -0.39 is 17.7 Å². The normalized spacial score (nSPS) is 19.0. The number of carboxylic acid groups (broad SMARTS) is 1. The third kappa shape index (κ3) is 3.75. The third-order valence-electron chi connectivity index (χ3n) is 3.39. The molecule has 1 atom stereocenters. The van der Waals surface area contributed by atoms with Gasteiger partial charge in [-0.1, -0.05) is 11.6 Å². The summed E-state index contributed by atoms with van der Waals surface area (Å²) in [7, 11) is 0. The molecule has 1 N–H and O–H groups in total. The maximum Gasteiger partial charge on any atom is 0.420 e. The van der Waals surface area contributed by atoms with Crippen molar-refractivity contribution in [1.82, 2.24) is 10.2 Å². The summed E-state index contributed by atoms with van der Waals surface area (Å²) in [6.07, 6.45) is -3.09. The first kappa shape index (κ1) is 15.8. The van der Waals surface area contributed by atoms with Crippen LogP contribution in [0.15, 0.2) is 6.07 Å². The number of nitrogens with zero attached hydrogens (tertiary/aromatic N) is 3. The van der Waals surface area contributed by atoms with Crippen LogP contribution in [0.4, 0.5) is 19.0 Å². The lowest BCUT2D eigenvalue weighted by Crippen LogP contribution is -2.32. The first-order valence-corrected chi connectivity index (χ1v) is 6.75. The minimum absolute atomic E-state index is 0.0937. The Balaban J connectivity index is 2.30. The van der Waals surface area contributed by atoms with Crippen molar-refractivity contribution in [3.8, 4) is 0 Å². The molecule has 9 heteroatoms. The van der Waals surface area contributed by atoms with Crippen LogP contribution >= 0.6 is 11.6 Å². The number of halogens is 4. The average molecular weight is 324 g/mol. The number of carboxylic acids is 1. The van der Waals surface area contributed by atoms with E-state index in [1.54, 1.807) is 0 Å². The number of anilines is 1. The topological polar surface area (TPSA) is 66.3 Å². The Bertz CT molecular complexity index is 539. The van der Waals surface area contributed by atoms with Gasteiger partial charge < -0.3 is 10.0 Å². The van der Waals surface area contributed by atoms with Gasteiger partial charge in [0.2, 0.25) is 0 Å². The van der Waals surface area contributed by atoms with Gasteiger partial charge in [0.05, 0.1) is 0 Å². The fourth-order valence-corrected chi connectivity index (χ4v) is 2.63. The first-order chi connectivity index (χ1) is 9.79. The molecule has 5 nitrogen and oxygen atoms in total. The van der Waals surface area contributed by atoms with E-state index in [4.69, 9.17) is 16.7 Å². The molecule has 1 aliphatic heterocycles. The van der Waals surface area contributed by atoms with Crippen LogP contribution in [0.2, 0.25) is 5.15 Å². The number of hydrogen-bond acceptors (Lipinski definition) is 4. The van der Waals surface area contributed by atoms with Crippen molar-refractivity contribution < 1.29 is 23.1 Å². The van der Waals surface area contributed by atoms with Gasteiger partial charge in [-0.15, -0.1) is 10.2 Å². The van der Waals surface area contributed by atoms with Crippen LogP contribution in [0.25, 0.3) is 0 Å². The lowest BCUT2D eigenvalue weighted by Gasteiger charge is -2.27. The highest BCUT2D eigenvalue weighted by Gasteiger charge is 2.39. The van der Waals surface area contributed by atoms with Crippen LogP contribution in [0.5, 0.6) is 0 Å². The molecule has 1 fully saturated rings. The molecule has 1 aliphatic rings. The molecule has 0 spiro atoms. The highest BCUT2D eigenvalue weighted by atomic mass is 35.5. The van der Waals surface area contributed by atoms with E-state index >= 15 is 0 Å². The van der Waals surface area contributed by atoms with Crippen molar-refractivity contribution in [3.63, 3.8) is 0 Å². The Morgan fingerprint density at radius 3 is 2.81 bits per heavy atom. The summed E-state index contributed by atoms with van der Waals surface area (Å²) in [5.74, 6) is -1.25. The molecule has 0 saturated carbocycles. The Labute approximate surface area is 123 Å². The highest BCUT2D eigenvalue weighted by Crippen LogP contribution is 2.38. The van der Waals surface area contributed by atoms with Crippen molar-refractivity contribution >= 4 is 23.4 Å². The molecule has 2 heterocycles. The fourth-order valence-electron chi connectivity index (χ4n) is 2.49. The minimum atomic E-state index is -4.59. The Morgan fingerprint density at radius 1 is 1.48 bits per heavy atom. The summed E-state index contributed by atoms with van der Waals surface area (Å²) in [5, 5.41) is 15.4. The highest BCUT2D eigenvalue weighted by molar-refractivity contribution is 6.29. The van der Waals surface area contributed by atoms with Gasteiger partial charge in [0.15, 0.2) is 11.0 Å². The maximum absolute atomic E-state index is 13.1. The van der Waals surface area contributed by atoms with E-state index in [1.165, 1.54) is 4.90 Å². The summed E-state index contributed by atoms with van der Waals surface area (Å²) < 4.78 is 39.2. The smallest absolute Gasteiger partial charge is 0.420 e. The van der Waals surface area contributed by atoms with Gasteiger partial charge in [-0.3, -0.25) is 4.79 Å². The summed E-state index contributed by atoms with van der Waals surface area (Å²) in [6.45, 7) is 0.393. The van der Waals surface area contributed by atoms with Crippen LogP contribution in [-0.2, 0) is 11.0 Å². The average Bonchev–Trinajstić information content (AvgIpc) is 2.83. The maximum atomic E-state index is 13.1. The van der Waals surface area contributed by atoms with Crippen molar-refractivity contribution in [3.05, 3.63) is 16.8 Å². The lowest BCUT2D eigenvalue weighted by atomic mass is 10.1. The quantitative estimate of drug-likeness (QED) is 0.922. The standard InChI is InChI=1S/C12H13ClF3N3O2/c13-9-6-8(12(14,15)16)11(18-17-9)19-5-1-2-7(19)3-4-10(20)21/h6-7H,1-5H2,(H,20,21)/t7-/m1/s1. The van der Waals surface area contributed by atoms with E-state index in [0.29, 0.717) is 19.4 Å². The van der Waals surface area contributed by atoms with Crippen molar-refractivity contribution in [1.29, 1.82) is 0 Å². The zero-order valence-electron chi connectivity index (χ0n) is 10.9. The van der Waals surface area contributed by atoms with Gasteiger partial charge in [-0.2, -0.15) is 13.2 Å². The minimum Gasteiger partial charge on any atom is -0.481 e. The molecule has 1 aromatic rings. The number of aromatic nitrogens is 2. The SMILES string of the molecule is O=C(O)CC[C@H]1CCCN1c1nnc(Cl)cc1C(F)(F)F. The zero-order chi connectivity index (χ0) is 15.6. The number of hydrogen-bond donors (Lipinski definition) is 1. The van der Waals surface area contributed by atoms with Gasteiger partial charge in [-0.25, -0.2) is 0 Å². The summed E-state index contributed by atoms with van der Waals surface area (Å²) >= 11 is 5.50. The Morgan fingerprint density at radius 2 is 2.19 bits per heavy atom. The van der Waals surface area contributed by atoms with Crippen molar-refractivity contribution in [2.45, 2.75) is 37.9 Å². The van der Waals surface area contributed by atoms with Crippen LogP contribution in [0.1, 0.15) is 31.2 Å². The van der Waals surface area contributed by atoms with Crippen LogP contribution in [0.3, 0.4) is 0 Å². The molecule has 0 amide bonds. The van der Waals surface area contributed by atoms with Gasteiger partial charge in [0.25, 0.3) is 0 Å². The van der Waals surface area contributed by atoms with E-state index in [1.807, 2.05) is 0 Å². The largest absolute Gasteiger partial charge is 0.481 e. The summed E-state index contributed by atoms with van der Waals surface area (Å²) in [4.78, 5) is 12.1. The van der Waals surface area contributed by atoms with Gasteiger partial charge in [-0.05, 0) is 25.3 Å². The monoisotopic (exact) mass is 323 g/mol. The molecule has 0 aliphatic carbocycles. The zero-order valence-corrected chi connectivity index (χ0v) is 11.7. The van der Waals surface area contributed by atoms with Crippen LogP contribution in [0, 0.1) is 0 Å². The summed E-state index contributed by atoms with van der Waals surface area (Å²) in [6, 6.07) is 0.467. The number of rotatable bonds is 4. The van der Waals surface area contributed by atoms with Gasteiger partial charge in [0, 0.05) is 19.0 Å². The van der Waals surface area contributed by atoms with E-state index in [9.17, 15) is 18.0 Å². The first-order valence-electron chi connectivity index (χ1n) is 6.38. The van der Waals surface area contributed by atoms with E-state index in [2.05, 4.69) is 10.2 Å². The molecular weight excluding hydrogens is 311 g/mol. The molecule has 116 valence electrons. The second-order valence-corrected chi connectivity index (χ2v) is 5.21. The molecular formula is C12H13ClF3N3O2.